The van der Waals surface area contributed by atoms with Gasteiger partial charge in [-0.3, -0.25) is 9.89 Å². The number of nitriles is 1. The Bertz CT molecular complexity index is 986. The van der Waals surface area contributed by atoms with Crippen molar-refractivity contribution < 1.29 is 9.18 Å². The van der Waals surface area contributed by atoms with Gasteiger partial charge in [0, 0.05) is 12.2 Å². The zero-order valence-corrected chi connectivity index (χ0v) is 16.0. The van der Waals surface area contributed by atoms with Crippen LogP contribution in [0.5, 0.6) is 0 Å². The number of nitrogens with one attached hydrogen (secondary N) is 1. The molecule has 0 spiro atoms. The quantitative estimate of drug-likeness (QED) is 0.610. The number of carbonyl (C=O) groups excluding carboxylic acids is 1. The molecule has 0 aliphatic rings. The Morgan fingerprint density at radius 3 is 2.68 bits per heavy atom. The number of hydrogen-bond donors (Lipinski definition) is 1. The van der Waals surface area contributed by atoms with E-state index in [1.165, 1.54) is 17.8 Å². The zero-order valence-electron chi connectivity index (χ0n) is 15.2. The van der Waals surface area contributed by atoms with Gasteiger partial charge < -0.3 is 4.90 Å². The van der Waals surface area contributed by atoms with Crippen molar-refractivity contribution in [1.82, 2.24) is 15.2 Å². The number of para-hydroxylation sites is 1. The number of benzene rings is 2. The third kappa shape index (κ3) is 4.56. The highest BCUT2D eigenvalue weighted by molar-refractivity contribution is 8.00. The molecule has 3 rings (SSSR count). The summed E-state index contributed by atoms with van der Waals surface area (Å²) >= 11 is 1.18. The molecule has 142 valence electrons. The van der Waals surface area contributed by atoms with Gasteiger partial charge in [0.15, 0.2) is 5.82 Å². The molecular formula is C20H18FN5OS. The summed E-state index contributed by atoms with van der Waals surface area (Å²) in [6.45, 7) is 2.06. The standard InChI is InChI=1S/C20H18FN5OS/c1-14(19(27)26(13-7-12-22)15-8-3-2-4-9-15)28-20-23-18(24-25-20)16-10-5-6-11-17(16)21/h2-6,8-11,14H,7,13H2,1H3,(H,23,24,25). The van der Waals surface area contributed by atoms with Gasteiger partial charge in [0.2, 0.25) is 11.1 Å². The Balaban J connectivity index is 1.74. The van der Waals surface area contributed by atoms with E-state index in [9.17, 15) is 9.18 Å². The largest absolute Gasteiger partial charge is 0.310 e. The van der Waals surface area contributed by atoms with E-state index in [0.29, 0.717) is 23.1 Å². The van der Waals surface area contributed by atoms with Crippen LogP contribution in [0.4, 0.5) is 10.1 Å². The summed E-state index contributed by atoms with van der Waals surface area (Å²) in [6.07, 6.45) is 0.232. The molecule has 0 saturated heterocycles. The number of carbonyl (C=O) groups is 1. The highest BCUT2D eigenvalue weighted by atomic mass is 32.2. The number of H-pyrrole nitrogens is 1. The van der Waals surface area contributed by atoms with Gasteiger partial charge in [-0.15, -0.1) is 5.10 Å². The van der Waals surface area contributed by atoms with Gasteiger partial charge in [0.25, 0.3) is 0 Å². The maximum Gasteiger partial charge on any atom is 0.240 e. The summed E-state index contributed by atoms with van der Waals surface area (Å²) in [4.78, 5) is 18.8. The fourth-order valence-corrected chi connectivity index (χ4v) is 3.42. The fraction of sp³-hybridized carbons (Fsp3) is 0.200. The number of hydrogen-bond acceptors (Lipinski definition) is 5. The van der Waals surface area contributed by atoms with Crippen molar-refractivity contribution in [3.63, 3.8) is 0 Å². The second-order valence-electron chi connectivity index (χ2n) is 5.94. The van der Waals surface area contributed by atoms with E-state index in [1.807, 2.05) is 30.3 Å². The molecule has 1 amide bonds. The minimum Gasteiger partial charge on any atom is -0.310 e. The van der Waals surface area contributed by atoms with Gasteiger partial charge in [-0.2, -0.15) is 5.26 Å². The third-order valence-corrected chi connectivity index (χ3v) is 4.95. The highest BCUT2D eigenvalue weighted by Crippen LogP contribution is 2.26. The molecule has 1 aromatic heterocycles. The van der Waals surface area contributed by atoms with Crippen LogP contribution in [0.3, 0.4) is 0 Å². The minimum absolute atomic E-state index is 0.149. The molecule has 0 aliphatic heterocycles. The number of halogens is 1. The summed E-state index contributed by atoms with van der Waals surface area (Å²) < 4.78 is 13.9. The molecule has 6 nitrogen and oxygen atoms in total. The Labute approximate surface area is 166 Å². The lowest BCUT2D eigenvalue weighted by atomic mass is 10.2. The smallest absolute Gasteiger partial charge is 0.240 e. The van der Waals surface area contributed by atoms with E-state index in [-0.39, 0.29) is 12.3 Å². The average Bonchev–Trinajstić information content (AvgIpc) is 3.17. The van der Waals surface area contributed by atoms with Crippen molar-refractivity contribution in [2.75, 3.05) is 11.4 Å². The highest BCUT2D eigenvalue weighted by Gasteiger charge is 2.24. The van der Waals surface area contributed by atoms with Crippen LogP contribution in [-0.4, -0.2) is 32.9 Å². The molecule has 1 heterocycles. The van der Waals surface area contributed by atoms with Crippen LogP contribution < -0.4 is 4.90 Å². The van der Waals surface area contributed by atoms with E-state index in [4.69, 9.17) is 5.26 Å². The van der Waals surface area contributed by atoms with Crippen LogP contribution in [0.2, 0.25) is 0 Å². The monoisotopic (exact) mass is 395 g/mol. The van der Waals surface area contributed by atoms with E-state index < -0.39 is 11.1 Å². The Morgan fingerprint density at radius 2 is 1.96 bits per heavy atom. The number of nitrogens with zero attached hydrogens (tertiary/aromatic N) is 4. The molecule has 8 heteroatoms. The molecule has 0 aliphatic carbocycles. The second-order valence-corrected chi connectivity index (χ2v) is 7.25. The van der Waals surface area contributed by atoms with Crippen molar-refractivity contribution in [2.24, 2.45) is 0 Å². The molecule has 1 N–H and O–H groups in total. The number of aromatic amines is 1. The van der Waals surface area contributed by atoms with Crippen LogP contribution >= 0.6 is 11.8 Å². The molecule has 0 saturated carbocycles. The predicted octanol–water partition coefficient (Wildman–Crippen LogP) is 4.04. The SMILES string of the molecule is CC(Sc1n[nH]c(-c2ccccc2F)n1)C(=O)N(CCC#N)c1ccccc1. The lowest BCUT2D eigenvalue weighted by Gasteiger charge is -2.24. The van der Waals surface area contributed by atoms with Gasteiger partial charge in [-0.1, -0.05) is 42.1 Å². The van der Waals surface area contributed by atoms with E-state index in [2.05, 4.69) is 21.3 Å². The van der Waals surface area contributed by atoms with E-state index >= 15 is 0 Å². The van der Waals surface area contributed by atoms with Crippen LogP contribution in [0.15, 0.2) is 59.8 Å². The first kappa shape index (κ1) is 19.6. The molecule has 1 unspecified atom stereocenters. The minimum atomic E-state index is -0.483. The first-order chi connectivity index (χ1) is 13.6. The van der Waals surface area contributed by atoms with Crippen molar-refractivity contribution in [3.05, 3.63) is 60.4 Å². The molecule has 0 bridgehead atoms. The van der Waals surface area contributed by atoms with Crippen LogP contribution in [0, 0.1) is 17.1 Å². The number of aromatic nitrogens is 3. The van der Waals surface area contributed by atoms with Crippen LogP contribution in [0.25, 0.3) is 11.4 Å². The summed E-state index contributed by atoms with van der Waals surface area (Å²) in [5.41, 5.74) is 1.05. The lowest BCUT2D eigenvalue weighted by Crippen LogP contribution is -2.37. The van der Waals surface area contributed by atoms with Crippen molar-refractivity contribution in [2.45, 2.75) is 23.8 Å². The molecule has 3 aromatic rings. The number of thioether (sulfide) groups is 1. The summed E-state index contributed by atoms with van der Waals surface area (Å²) in [6, 6.07) is 17.6. The number of rotatable bonds is 7. The molecule has 0 fully saturated rings. The van der Waals surface area contributed by atoms with Gasteiger partial charge in [-0.05, 0) is 31.2 Å². The predicted molar refractivity (Wildman–Crippen MR) is 106 cm³/mol. The summed E-state index contributed by atoms with van der Waals surface area (Å²) in [5.74, 6) is -0.237. The Kier molecular flexibility index (Phi) is 6.40. The summed E-state index contributed by atoms with van der Waals surface area (Å²) in [5, 5.41) is 15.6. The molecule has 1 atom stereocenters. The van der Waals surface area contributed by atoms with Crippen molar-refractivity contribution in [3.8, 4) is 17.5 Å². The molecule has 2 aromatic carbocycles. The maximum atomic E-state index is 13.9. The lowest BCUT2D eigenvalue weighted by molar-refractivity contribution is -0.117. The van der Waals surface area contributed by atoms with Crippen LogP contribution in [0.1, 0.15) is 13.3 Å². The zero-order chi connectivity index (χ0) is 19.9. The van der Waals surface area contributed by atoms with Gasteiger partial charge in [0.1, 0.15) is 5.82 Å². The molecule has 0 radical (unpaired) electrons. The Morgan fingerprint density at radius 1 is 1.25 bits per heavy atom. The van der Waals surface area contributed by atoms with E-state index in [1.54, 1.807) is 30.0 Å². The number of anilines is 1. The fourth-order valence-electron chi connectivity index (χ4n) is 2.64. The normalized spacial score (nSPS) is 11.6. The average molecular weight is 395 g/mol. The van der Waals surface area contributed by atoms with E-state index in [0.717, 1.165) is 5.69 Å². The summed E-state index contributed by atoms with van der Waals surface area (Å²) in [7, 11) is 0. The Hall–Kier alpha value is -3.18. The first-order valence-electron chi connectivity index (χ1n) is 8.67. The molecule has 28 heavy (non-hydrogen) atoms. The van der Waals surface area contributed by atoms with Gasteiger partial charge in [-0.25, -0.2) is 9.37 Å². The number of amides is 1. The topological polar surface area (TPSA) is 85.7 Å². The van der Waals surface area contributed by atoms with Gasteiger partial charge in [0.05, 0.1) is 23.3 Å². The maximum absolute atomic E-state index is 13.9. The third-order valence-electron chi connectivity index (χ3n) is 4.00. The molecular weight excluding hydrogens is 377 g/mol. The first-order valence-corrected chi connectivity index (χ1v) is 9.55. The van der Waals surface area contributed by atoms with Crippen molar-refractivity contribution >= 4 is 23.4 Å². The van der Waals surface area contributed by atoms with Crippen LogP contribution in [-0.2, 0) is 4.79 Å². The van der Waals surface area contributed by atoms with Crippen molar-refractivity contribution in [1.29, 1.82) is 5.26 Å². The van der Waals surface area contributed by atoms with Gasteiger partial charge >= 0.3 is 0 Å². The second kappa shape index (κ2) is 9.15.